The van der Waals surface area contributed by atoms with Gasteiger partial charge in [0.05, 0.1) is 23.5 Å². The third kappa shape index (κ3) is 4.45. The third-order valence-corrected chi connectivity index (χ3v) is 5.05. The molecule has 3 aromatic rings. The largest absolute Gasteiger partial charge is 0.416 e. The molecule has 1 N–H and O–H groups in total. The summed E-state index contributed by atoms with van der Waals surface area (Å²) >= 11 is 0. The Morgan fingerprint density at radius 2 is 1.80 bits per heavy atom. The van der Waals surface area contributed by atoms with Crippen molar-refractivity contribution in [1.82, 2.24) is 14.8 Å². The molecule has 156 valence electrons. The van der Waals surface area contributed by atoms with Crippen molar-refractivity contribution in [3.8, 4) is 0 Å². The lowest BCUT2D eigenvalue weighted by molar-refractivity contribution is -0.137. The van der Waals surface area contributed by atoms with Crippen LogP contribution >= 0.6 is 0 Å². The molecule has 0 spiro atoms. The number of halogens is 3. The summed E-state index contributed by atoms with van der Waals surface area (Å²) in [6, 6.07) is 10.3. The van der Waals surface area contributed by atoms with Crippen molar-refractivity contribution in [3.63, 3.8) is 0 Å². The van der Waals surface area contributed by atoms with Crippen molar-refractivity contribution >= 4 is 17.3 Å². The molecular formula is C21H20F3N5O. The molecule has 0 unspecified atom stereocenters. The molecule has 4 rings (SSSR count). The quantitative estimate of drug-likeness (QED) is 0.679. The number of carbonyl (C=O) groups is 1. The second-order valence-corrected chi connectivity index (χ2v) is 7.17. The molecule has 0 bridgehead atoms. The average molecular weight is 415 g/mol. The molecule has 0 atom stereocenters. The van der Waals surface area contributed by atoms with Gasteiger partial charge in [0.2, 0.25) is 0 Å². The van der Waals surface area contributed by atoms with Gasteiger partial charge in [-0.25, -0.2) is 9.67 Å². The van der Waals surface area contributed by atoms with E-state index >= 15 is 0 Å². The maximum Gasteiger partial charge on any atom is 0.416 e. The van der Waals surface area contributed by atoms with Gasteiger partial charge < -0.3 is 10.2 Å². The average Bonchev–Trinajstić information content (AvgIpc) is 3.42. The molecule has 0 radical (unpaired) electrons. The lowest BCUT2D eigenvalue weighted by Crippen LogP contribution is -2.22. The molecule has 9 heteroatoms. The second-order valence-electron chi connectivity index (χ2n) is 7.17. The minimum absolute atomic E-state index is 0.170. The zero-order chi connectivity index (χ0) is 21.1. The molecule has 0 aliphatic carbocycles. The van der Waals surface area contributed by atoms with E-state index in [4.69, 9.17) is 0 Å². The van der Waals surface area contributed by atoms with Gasteiger partial charge in [0.25, 0.3) is 5.91 Å². The Labute approximate surface area is 171 Å². The van der Waals surface area contributed by atoms with Gasteiger partial charge in [0.15, 0.2) is 0 Å². The van der Waals surface area contributed by atoms with E-state index in [9.17, 15) is 18.0 Å². The molecule has 2 aromatic carbocycles. The number of hydrogen-bond donors (Lipinski definition) is 1. The van der Waals surface area contributed by atoms with Crippen molar-refractivity contribution in [2.45, 2.75) is 25.6 Å². The van der Waals surface area contributed by atoms with Gasteiger partial charge in [-0.05, 0) is 48.7 Å². The fourth-order valence-electron chi connectivity index (χ4n) is 3.50. The van der Waals surface area contributed by atoms with E-state index in [1.54, 1.807) is 35.3 Å². The van der Waals surface area contributed by atoms with E-state index in [1.165, 1.54) is 12.4 Å². The SMILES string of the molecule is O=C(Nc1cc(C(F)(F)F)ccc1N1CCCC1)c1ccc(Cn2cncn2)cc1. The van der Waals surface area contributed by atoms with E-state index in [0.29, 0.717) is 17.8 Å². The number of hydrogen-bond acceptors (Lipinski definition) is 4. The first kappa shape index (κ1) is 19.9. The molecule has 1 aromatic heterocycles. The molecule has 1 aliphatic rings. The molecule has 1 aliphatic heterocycles. The summed E-state index contributed by atoms with van der Waals surface area (Å²) in [6.45, 7) is 2.02. The number of rotatable bonds is 5. The predicted molar refractivity (Wildman–Crippen MR) is 106 cm³/mol. The van der Waals surface area contributed by atoms with Crippen LogP contribution in [0, 0.1) is 0 Å². The number of carbonyl (C=O) groups excluding carboxylic acids is 1. The number of nitrogens with zero attached hydrogens (tertiary/aromatic N) is 4. The third-order valence-electron chi connectivity index (χ3n) is 5.05. The van der Waals surface area contributed by atoms with Crippen LogP contribution in [0.5, 0.6) is 0 Å². The number of anilines is 2. The Bertz CT molecular complexity index is 1010. The van der Waals surface area contributed by atoms with E-state index in [2.05, 4.69) is 15.4 Å². The van der Waals surface area contributed by atoms with Crippen LogP contribution < -0.4 is 10.2 Å². The van der Waals surface area contributed by atoms with Crippen LogP contribution in [0.1, 0.15) is 34.3 Å². The minimum Gasteiger partial charge on any atom is -0.370 e. The normalized spacial score (nSPS) is 14.2. The van der Waals surface area contributed by atoms with E-state index in [-0.39, 0.29) is 5.69 Å². The van der Waals surface area contributed by atoms with Crippen molar-refractivity contribution in [3.05, 3.63) is 71.8 Å². The van der Waals surface area contributed by atoms with Gasteiger partial charge >= 0.3 is 6.18 Å². The van der Waals surface area contributed by atoms with Crippen LogP contribution in [-0.4, -0.2) is 33.8 Å². The summed E-state index contributed by atoms with van der Waals surface area (Å²) in [7, 11) is 0. The topological polar surface area (TPSA) is 63.1 Å². The number of aromatic nitrogens is 3. The Kier molecular flexibility index (Phi) is 5.43. The molecule has 1 saturated heterocycles. The van der Waals surface area contributed by atoms with E-state index in [0.717, 1.165) is 43.6 Å². The lowest BCUT2D eigenvalue weighted by atomic mass is 10.1. The summed E-state index contributed by atoms with van der Waals surface area (Å²) < 4.78 is 41.3. The van der Waals surface area contributed by atoms with Crippen molar-refractivity contribution in [1.29, 1.82) is 0 Å². The first-order valence-electron chi connectivity index (χ1n) is 9.59. The summed E-state index contributed by atoms with van der Waals surface area (Å²) in [5, 5.41) is 6.70. The highest BCUT2D eigenvalue weighted by Crippen LogP contribution is 2.36. The smallest absolute Gasteiger partial charge is 0.370 e. The molecule has 1 fully saturated rings. The number of amides is 1. The van der Waals surface area contributed by atoms with Crippen LogP contribution in [-0.2, 0) is 12.7 Å². The van der Waals surface area contributed by atoms with Crippen molar-refractivity contribution in [2.75, 3.05) is 23.3 Å². The molecule has 6 nitrogen and oxygen atoms in total. The van der Waals surface area contributed by atoms with Gasteiger partial charge in [-0.1, -0.05) is 12.1 Å². The Balaban J connectivity index is 1.55. The van der Waals surface area contributed by atoms with Gasteiger partial charge in [-0.3, -0.25) is 4.79 Å². The van der Waals surface area contributed by atoms with Crippen molar-refractivity contribution < 1.29 is 18.0 Å². The van der Waals surface area contributed by atoms with Gasteiger partial charge in [-0.2, -0.15) is 18.3 Å². The highest BCUT2D eigenvalue weighted by Gasteiger charge is 2.32. The Morgan fingerprint density at radius 3 is 2.43 bits per heavy atom. The van der Waals surface area contributed by atoms with Gasteiger partial charge in [0, 0.05) is 18.7 Å². The minimum atomic E-state index is -4.48. The van der Waals surface area contributed by atoms with Crippen LogP contribution in [0.4, 0.5) is 24.5 Å². The molecular weight excluding hydrogens is 395 g/mol. The number of nitrogens with one attached hydrogen (secondary N) is 1. The summed E-state index contributed by atoms with van der Waals surface area (Å²) in [5.74, 6) is -0.456. The van der Waals surface area contributed by atoms with E-state index in [1.807, 2.05) is 4.90 Å². The first-order valence-corrected chi connectivity index (χ1v) is 9.59. The molecule has 1 amide bonds. The molecule has 0 saturated carbocycles. The standard InChI is InChI=1S/C21H20F3N5O/c22-21(23,24)17-7-8-19(28-9-1-2-10-28)18(11-17)27-20(30)16-5-3-15(4-6-16)12-29-14-25-13-26-29/h3-8,11,13-14H,1-2,9-10,12H2,(H,27,30). The fraction of sp³-hybridized carbons (Fsp3) is 0.286. The number of alkyl halides is 3. The van der Waals surface area contributed by atoms with Gasteiger partial charge in [0.1, 0.15) is 12.7 Å². The number of benzene rings is 2. The van der Waals surface area contributed by atoms with Crippen LogP contribution in [0.2, 0.25) is 0 Å². The zero-order valence-corrected chi connectivity index (χ0v) is 16.1. The van der Waals surface area contributed by atoms with Crippen molar-refractivity contribution in [2.24, 2.45) is 0 Å². The Hall–Kier alpha value is -3.36. The predicted octanol–water partition coefficient (Wildman–Crippen LogP) is 4.20. The summed E-state index contributed by atoms with van der Waals surface area (Å²) in [6.07, 6.45) is 0.498. The lowest BCUT2D eigenvalue weighted by Gasteiger charge is -2.23. The maximum absolute atomic E-state index is 13.2. The maximum atomic E-state index is 13.2. The second kappa shape index (κ2) is 8.17. The van der Waals surface area contributed by atoms with Crippen LogP contribution in [0.3, 0.4) is 0 Å². The van der Waals surface area contributed by atoms with Crippen LogP contribution in [0.15, 0.2) is 55.1 Å². The molecule has 2 heterocycles. The fourth-order valence-corrected chi connectivity index (χ4v) is 3.50. The van der Waals surface area contributed by atoms with Crippen LogP contribution in [0.25, 0.3) is 0 Å². The summed E-state index contributed by atoms with van der Waals surface area (Å²) in [5.41, 5.74) is 1.28. The Morgan fingerprint density at radius 1 is 1.07 bits per heavy atom. The van der Waals surface area contributed by atoms with E-state index < -0.39 is 17.6 Å². The highest BCUT2D eigenvalue weighted by atomic mass is 19.4. The van der Waals surface area contributed by atoms with Gasteiger partial charge in [-0.15, -0.1) is 0 Å². The molecule has 30 heavy (non-hydrogen) atoms. The zero-order valence-electron chi connectivity index (χ0n) is 16.1. The highest BCUT2D eigenvalue weighted by molar-refractivity contribution is 6.06. The summed E-state index contributed by atoms with van der Waals surface area (Å²) in [4.78, 5) is 18.6. The first-order chi connectivity index (χ1) is 14.4. The monoisotopic (exact) mass is 415 g/mol.